The van der Waals surface area contributed by atoms with Gasteiger partial charge in [0.15, 0.2) is 0 Å². The molecule has 92 valence electrons. The van der Waals surface area contributed by atoms with Crippen molar-refractivity contribution in [2.45, 2.75) is 9.79 Å². The quantitative estimate of drug-likeness (QED) is 0.792. The van der Waals surface area contributed by atoms with Crippen LogP contribution >= 0.6 is 11.8 Å². The fraction of sp³-hybridized carbons (Fsp3) is 0. The molecule has 0 amide bonds. The molecule has 0 saturated carbocycles. The second kappa shape index (κ2) is 5.01. The Labute approximate surface area is 108 Å². The van der Waals surface area contributed by atoms with E-state index in [4.69, 9.17) is 10.2 Å². The van der Waals surface area contributed by atoms with Crippen LogP contribution in [0.1, 0.15) is 10.4 Å². The van der Waals surface area contributed by atoms with E-state index in [2.05, 4.69) is 0 Å². The summed E-state index contributed by atoms with van der Waals surface area (Å²) in [4.78, 5) is 12.3. The van der Waals surface area contributed by atoms with E-state index >= 15 is 0 Å². The SMILES string of the molecule is O=C(O)c1ccc(Sc2ccc(O)cc2)cc1O. The average molecular weight is 262 g/mol. The molecule has 0 aliphatic carbocycles. The number of carboxylic acids is 1. The molecule has 0 unspecified atom stereocenters. The highest BCUT2D eigenvalue weighted by molar-refractivity contribution is 7.99. The Bertz CT molecular complexity index is 578. The summed E-state index contributed by atoms with van der Waals surface area (Å²) in [6.07, 6.45) is 0. The zero-order chi connectivity index (χ0) is 13.1. The summed E-state index contributed by atoms with van der Waals surface area (Å²) in [7, 11) is 0. The fourth-order valence-corrected chi connectivity index (χ4v) is 2.26. The summed E-state index contributed by atoms with van der Waals surface area (Å²) in [6, 6.07) is 11.0. The third kappa shape index (κ3) is 2.75. The molecule has 0 aliphatic heterocycles. The highest BCUT2D eigenvalue weighted by Gasteiger charge is 2.10. The molecule has 0 fully saturated rings. The molecular formula is C13H10O4S. The smallest absolute Gasteiger partial charge is 0.339 e. The molecule has 0 saturated heterocycles. The Balaban J connectivity index is 2.22. The van der Waals surface area contributed by atoms with Gasteiger partial charge in [-0.25, -0.2) is 4.79 Å². The third-order valence-corrected chi connectivity index (χ3v) is 3.27. The molecule has 0 aliphatic rings. The number of hydrogen-bond donors (Lipinski definition) is 3. The molecule has 2 rings (SSSR count). The van der Waals surface area contributed by atoms with Gasteiger partial charge in [-0.3, -0.25) is 0 Å². The first-order chi connectivity index (χ1) is 8.56. The molecule has 0 atom stereocenters. The summed E-state index contributed by atoms with van der Waals surface area (Å²) in [5, 5.41) is 27.5. The van der Waals surface area contributed by atoms with Crippen LogP contribution in [0.3, 0.4) is 0 Å². The number of carbonyl (C=O) groups is 1. The lowest BCUT2D eigenvalue weighted by atomic mass is 10.2. The highest BCUT2D eigenvalue weighted by atomic mass is 32.2. The van der Waals surface area contributed by atoms with Crippen molar-refractivity contribution < 1.29 is 20.1 Å². The van der Waals surface area contributed by atoms with Crippen LogP contribution in [0.2, 0.25) is 0 Å². The summed E-state index contributed by atoms with van der Waals surface area (Å²) in [5.74, 6) is -1.23. The highest BCUT2D eigenvalue weighted by Crippen LogP contribution is 2.32. The van der Waals surface area contributed by atoms with Gasteiger partial charge in [0.1, 0.15) is 17.1 Å². The van der Waals surface area contributed by atoms with Gasteiger partial charge in [-0.05, 0) is 42.5 Å². The predicted octanol–water partition coefficient (Wildman–Crippen LogP) is 2.95. The first-order valence-electron chi connectivity index (χ1n) is 5.09. The van der Waals surface area contributed by atoms with Crippen molar-refractivity contribution in [1.29, 1.82) is 0 Å². The Morgan fingerprint density at radius 2 is 1.56 bits per heavy atom. The lowest BCUT2D eigenvalue weighted by Gasteiger charge is -2.04. The van der Waals surface area contributed by atoms with Crippen molar-refractivity contribution >= 4 is 17.7 Å². The van der Waals surface area contributed by atoms with E-state index < -0.39 is 5.97 Å². The number of phenolic OH excluding ortho intramolecular Hbond substituents is 1. The van der Waals surface area contributed by atoms with Crippen molar-refractivity contribution in [1.82, 2.24) is 0 Å². The van der Waals surface area contributed by atoms with E-state index in [1.165, 1.54) is 23.9 Å². The van der Waals surface area contributed by atoms with Gasteiger partial charge in [-0.2, -0.15) is 0 Å². The number of phenols is 2. The number of aromatic hydroxyl groups is 2. The van der Waals surface area contributed by atoms with E-state index in [1.54, 1.807) is 30.3 Å². The number of rotatable bonds is 3. The van der Waals surface area contributed by atoms with Crippen LogP contribution < -0.4 is 0 Å². The molecule has 0 spiro atoms. The van der Waals surface area contributed by atoms with Gasteiger partial charge in [-0.15, -0.1) is 0 Å². The molecule has 0 heterocycles. The fourth-order valence-electron chi connectivity index (χ4n) is 1.41. The molecule has 2 aromatic rings. The van der Waals surface area contributed by atoms with Gasteiger partial charge in [0, 0.05) is 9.79 Å². The molecule has 0 bridgehead atoms. The van der Waals surface area contributed by atoms with Crippen LogP contribution in [-0.2, 0) is 0 Å². The largest absolute Gasteiger partial charge is 0.508 e. The zero-order valence-electron chi connectivity index (χ0n) is 9.20. The van der Waals surface area contributed by atoms with Gasteiger partial charge in [0.05, 0.1) is 0 Å². The predicted molar refractivity (Wildman–Crippen MR) is 67.3 cm³/mol. The first kappa shape index (κ1) is 12.3. The van der Waals surface area contributed by atoms with E-state index in [-0.39, 0.29) is 17.1 Å². The maximum Gasteiger partial charge on any atom is 0.339 e. The van der Waals surface area contributed by atoms with Crippen LogP contribution in [0.4, 0.5) is 0 Å². The van der Waals surface area contributed by atoms with Gasteiger partial charge >= 0.3 is 5.97 Å². The van der Waals surface area contributed by atoms with E-state index in [1.807, 2.05) is 0 Å². The Kier molecular flexibility index (Phi) is 3.43. The molecule has 18 heavy (non-hydrogen) atoms. The van der Waals surface area contributed by atoms with E-state index in [0.29, 0.717) is 0 Å². The number of carboxylic acid groups (broad SMARTS) is 1. The average Bonchev–Trinajstić information content (AvgIpc) is 2.32. The van der Waals surface area contributed by atoms with Gasteiger partial charge in [0.2, 0.25) is 0 Å². The Morgan fingerprint density at radius 1 is 0.944 bits per heavy atom. The standard InChI is InChI=1S/C13H10O4S/c14-8-1-3-9(4-2-8)18-10-5-6-11(13(16)17)12(15)7-10/h1-7,14-15H,(H,16,17). The van der Waals surface area contributed by atoms with Crippen LogP contribution in [0.15, 0.2) is 52.3 Å². The normalized spacial score (nSPS) is 10.2. The van der Waals surface area contributed by atoms with Crippen molar-refractivity contribution in [3.05, 3.63) is 48.0 Å². The summed E-state index contributed by atoms with van der Waals surface area (Å²) in [5.41, 5.74) is -0.120. The topological polar surface area (TPSA) is 77.8 Å². The minimum atomic E-state index is -1.16. The van der Waals surface area contributed by atoms with Crippen molar-refractivity contribution in [3.63, 3.8) is 0 Å². The maximum atomic E-state index is 10.7. The second-order valence-electron chi connectivity index (χ2n) is 3.58. The van der Waals surface area contributed by atoms with E-state index in [9.17, 15) is 9.90 Å². The summed E-state index contributed by atoms with van der Waals surface area (Å²) >= 11 is 1.37. The number of benzene rings is 2. The summed E-state index contributed by atoms with van der Waals surface area (Å²) < 4.78 is 0. The second-order valence-corrected chi connectivity index (χ2v) is 4.73. The summed E-state index contributed by atoms with van der Waals surface area (Å²) in [6.45, 7) is 0. The lowest BCUT2D eigenvalue weighted by Crippen LogP contribution is -1.96. The van der Waals surface area contributed by atoms with Crippen LogP contribution in [0, 0.1) is 0 Å². The minimum Gasteiger partial charge on any atom is -0.508 e. The molecule has 2 aromatic carbocycles. The Morgan fingerprint density at radius 3 is 2.11 bits per heavy atom. The molecule has 3 N–H and O–H groups in total. The van der Waals surface area contributed by atoms with Gasteiger partial charge in [0.25, 0.3) is 0 Å². The third-order valence-electron chi connectivity index (χ3n) is 2.27. The Hall–Kier alpha value is -2.14. The minimum absolute atomic E-state index is 0.120. The lowest BCUT2D eigenvalue weighted by molar-refractivity contribution is 0.0693. The van der Waals surface area contributed by atoms with Crippen molar-refractivity contribution in [2.24, 2.45) is 0 Å². The van der Waals surface area contributed by atoms with Crippen LogP contribution in [-0.4, -0.2) is 21.3 Å². The van der Waals surface area contributed by atoms with Crippen molar-refractivity contribution in [2.75, 3.05) is 0 Å². The maximum absolute atomic E-state index is 10.7. The number of hydrogen-bond acceptors (Lipinski definition) is 4. The molecule has 0 aromatic heterocycles. The van der Waals surface area contributed by atoms with E-state index in [0.717, 1.165) is 9.79 Å². The van der Waals surface area contributed by atoms with Crippen LogP contribution in [0.5, 0.6) is 11.5 Å². The zero-order valence-corrected chi connectivity index (χ0v) is 10.0. The first-order valence-corrected chi connectivity index (χ1v) is 5.91. The molecule has 5 heteroatoms. The number of aromatic carboxylic acids is 1. The van der Waals surface area contributed by atoms with Crippen molar-refractivity contribution in [3.8, 4) is 11.5 Å². The van der Waals surface area contributed by atoms with Gasteiger partial charge in [-0.1, -0.05) is 11.8 Å². The monoisotopic (exact) mass is 262 g/mol. The van der Waals surface area contributed by atoms with Crippen LogP contribution in [0.25, 0.3) is 0 Å². The molecule has 4 nitrogen and oxygen atoms in total. The van der Waals surface area contributed by atoms with Gasteiger partial charge < -0.3 is 15.3 Å². The molecule has 0 radical (unpaired) electrons. The molecular weight excluding hydrogens is 252 g/mol.